The van der Waals surface area contributed by atoms with Crippen LogP contribution in [-0.4, -0.2) is 54.7 Å². The molecule has 1 aliphatic rings. The number of nitrogens with one attached hydrogen (secondary N) is 1. The van der Waals surface area contributed by atoms with Crippen molar-refractivity contribution in [2.75, 3.05) is 19.6 Å². The third-order valence-electron chi connectivity index (χ3n) is 3.01. The Morgan fingerprint density at radius 3 is 2.65 bits per heavy atom. The van der Waals surface area contributed by atoms with E-state index in [2.05, 4.69) is 5.32 Å². The first kappa shape index (κ1) is 14.4. The lowest BCUT2D eigenvalue weighted by Crippen LogP contribution is -2.47. The van der Waals surface area contributed by atoms with Gasteiger partial charge in [-0.3, -0.25) is 4.79 Å². The van der Waals surface area contributed by atoms with E-state index in [4.69, 9.17) is 5.11 Å². The average Bonchev–Trinajstić information content (AvgIpc) is 2.77. The molecule has 0 bridgehead atoms. The molecule has 1 saturated heterocycles. The molecule has 2 unspecified atom stereocenters. The highest BCUT2D eigenvalue weighted by Gasteiger charge is 2.38. The van der Waals surface area contributed by atoms with E-state index >= 15 is 0 Å². The van der Waals surface area contributed by atoms with Gasteiger partial charge in [0.15, 0.2) is 5.25 Å². The minimum absolute atomic E-state index is 0.109. The minimum atomic E-state index is -3.75. The number of carbonyl (C=O) groups is 1. The first-order chi connectivity index (χ1) is 7.91. The van der Waals surface area contributed by atoms with E-state index in [0.717, 1.165) is 13.0 Å². The van der Waals surface area contributed by atoms with Gasteiger partial charge in [0.2, 0.25) is 10.0 Å². The fourth-order valence-corrected chi connectivity index (χ4v) is 3.65. The van der Waals surface area contributed by atoms with E-state index < -0.39 is 21.2 Å². The zero-order valence-corrected chi connectivity index (χ0v) is 11.0. The summed E-state index contributed by atoms with van der Waals surface area (Å²) in [6.07, 6.45) is 1.42. The Hall–Kier alpha value is -0.660. The van der Waals surface area contributed by atoms with Gasteiger partial charge in [-0.05, 0) is 26.3 Å². The normalized spacial score (nSPS) is 22.9. The average molecular weight is 264 g/mol. The van der Waals surface area contributed by atoms with Crippen LogP contribution >= 0.6 is 0 Å². The zero-order chi connectivity index (χ0) is 13.1. The molecule has 2 atom stereocenters. The third kappa shape index (κ3) is 3.17. The summed E-state index contributed by atoms with van der Waals surface area (Å²) in [6, 6.07) is -0.109. The number of sulfonamides is 1. The molecule has 0 amide bonds. The molecule has 7 heteroatoms. The number of rotatable bonds is 6. The van der Waals surface area contributed by atoms with Crippen LogP contribution in [0, 0.1) is 0 Å². The van der Waals surface area contributed by atoms with Crippen molar-refractivity contribution in [3.63, 3.8) is 0 Å². The fraction of sp³-hybridized carbons (Fsp3) is 0.900. The van der Waals surface area contributed by atoms with Crippen molar-refractivity contribution in [3.05, 3.63) is 0 Å². The van der Waals surface area contributed by atoms with E-state index in [1.165, 1.54) is 11.2 Å². The Morgan fingerprint density at radius 1 is 1.59 bits per heavy atom. The van der Waals surface area contributed by atoms with Crippen LogP contribution in [0.1, 0.15) is 26.7 Å². The second-order valence-corrected chi connectivity index (χ2v) is 6.49. The zero-order valence-electron chi connectivity index (χ0n) is 10.2. The summed E-state index contributed by atoms with van der Waals surface area (Å²) in [5, 5.41) is 10.6. The van der Waals surface area contributed by atoms with Gasteiger partial charge in [0.25, 0.3) is 0 Å². The lowest BCUT2D eigenvalue weighted by atomic mass is 10.2. The summed E-state index contributed by atoms with van der Waals surface area (Å²) in [6.45, 7) is 4.87. The monoisotopic (exact) mass is 264 g/mol. The summed E-state index contributed by atoms with van der Waals surface area (Å²) < 4.78 is 25.7. The molecule has 1 rings (SSSR count). The summed E-state index contributed by atoms with van der Waals surface area (Å²) in [7, 11) is -3.75. The van der Waals surface area contributed by atoms with Crippen LogP contribution < -0.4 is 5.32 Å². The molecule has 1 heterocycles. The highest BCUT2D eigenvalue weighted by atomic mass is 32.2. The van der Waals surface area contributed by atoms with Crippen LogP contribution in [0.3, 0.4) is 0 Å². The number of aliphatic carboxylic acids is 1. The topological polar surface area (TPSA) is 86.7 Å². The Bertz CT molecular complexity index is 363. The first-order valence-electron chi connectivity index (χ1n) is 5.85. The van der Waals surface area contributed by atoms with Gasteiger partial charge in [-0.15, -0.1) is 0 Å². The Morgan fingerprint density at radius 2 is 2.24 bits per heavy atom. The summed E-state index contributed by atoms with van der Waals surface area (Å²) in [5.74, 6) is -1.29. The standard InChI is InChI=1S/C10H20N2O4S/c1-3-6-12(9-4-5-11-7-9)17(15,16)8(2)10(13)14/h8-9,11H,3-7H2,1-2H3,(H,13,14). The third-order valence-corrected chi connectivity index (χ3v) is 5.24. The summed E-state index contributed by atoms with van der Waals surface area (Å²) >= 11 is 0. The minimum Gasteiger partial charge on any atom is -0.480 e. The molecule has 100 valence electrons. The van der Waals surface area contributed by atoms with Crippen molar-refractivity contribution in [2.24, 2.45) is 0 Å². The van der Waals surface area contributed by atoms with Crippen LogP contribution in [0.4, 0.5) is 0 Å². The maximum Gasteiger partial charge on any atom is 0.323 e. The van der Waals surface area contributed by atoms with Crippen LogP contribution in [0.25, 0.3) is 0 Å². The smallest absolute Gasteiger partial charge is 0.323 e. The van der Waals surface area contributed by atoms with Gasteiger partial charge in [-0.1, -0.05) is 6.92 Å². The van der Waals surface area contributed by atoms with Gasteiger partial charge in [-0.2, -0.15) is 4.31 Å². The van der Waals surface area contributed by atoms with Crippen LogP contribution in [-0.2, 0) is 14.8 Å². The van der Waals surface area contributed by atoms with Crippen molar-refractivity contribution in [1.29, 1.82) is 0 Å². The maximum absolute atomic E-state index is 12.2. The lowest BCUT2D eigenvalue weighted by molar-refractivity contribution is -0.136. The van der Waals surface area contributed by atoms with Crippen LogP contribution in [0.15, 0.2) is 0 Å². The molecule has 0 aromatic rings. The van der Waals surface area contributed by atoms with Crippen molar-refractivity contribution in [3.8, 4) is 0 Å². The van der Waals surface area contributed by atoms with E-state index in [9.17, 15) is 13.2 Å². The second-order valence-electron chi connectivity index (χ2n) is 4.28. The van der Waals surface area contributed by atoms with Gasteiger partial charge < -0.3 is 10.4 Å². The predicted octanol–water partition coefficient (Wildman–Crippen LogP) is -0.137. The molecule has 1 fully saturated rings. The molecule has 0 aromatic carbocycles. The van der Waals surface area contributed by atoms with Crippen LogP contribution in [0.5, 0.6) is 0 Å². The fourth-order valence-electron chi connectivity index (χ4n) is 1.95. The van der Waals surface area contributed by atoms with E-state index in [1.807, 2.05) is 6.92 Å². The molecule has 0 aromatic heterocycles. The van der Waals surface area contributed by atoms with Crippen molar-refractivity contribution < 1.29 is 18.3 Å². The first-order valence-corrected chi connectivity index (χ1v) is 7.35. The molecule has 1 aliphatic heterocycles. The maximum atomic E-state index is 12.2. The molecule has 0 saturated carbocycles. The Labute approximate surface area is 102 Å². The molecule has 6 nitrogen and oxygen atoms in total. The van der Waals surface area contributed by atoms with Crippen LogP contribution in [0.2, 0.25) is 0 Å². The molecule has 0 spiro atoms. The predicted molar refractivity (Wildman–Crippen MR) is 64.3 cm³/mol. The Kier molecular flexibility index (Phi) is 4.91. The number of nitrogens with zero attached hydrogens (tertiary/aromatic N) is 1. The SMILES string of the molecule is CCCN(C1CCNC1)S(=O)(=O)C(C)C(=O)O. The molecular weight excluding hydrogens is 244 g/mol. The highest BCUT2D eigenvalue weighted by Crippen LogP contribution is 2.18. The molecule has 2 N–H and O–H groups in total. The molecule has 17 heavy (non-hydrogen) atoms. The largest absolute Gasteiger partial charge is 0.480 e. The van der Waals surface area contributed by atoms with Gasteiger partial charge in [-0.25, -0.2) is 8.42 Å². The Balaban J connectivity index is 2.92. The lowest BCUT2D eigenvalue weighted by Gasteiger charge is -2.28. The number of hydrogen-bond donors (Lipinski definition) is 2. The molecular formula is C10H20N2O4S. The van der Waals surface area contributed by atoms with Crippen molar-refractivity contribution in [1.82, 2.24) is 9.62 Å². The van der Waals surface area contributed by atoms with E-state index in [1.54, 1.807) is 0 Å². The van der Waals surface area contributed by atoms with E-state index in [0.29, 0.717) is 19.5 Å². The van der Waals surface area contributed by atoms with Gasteiger partial charge in [0.1, 0.15) is 0 Å². The second kappa shape index (κ2) is 5.79. The number of hydrogen-bond acceptors (Lipinski definition) is 4. The molecule has 0 radical (unpaired) electrons. The van der Waals surface area contributed by atoms with Gasteiger partial charge in [0.05, 0.1) is 0 Å². The molecule has 0 aliphatic carbocycles. The summed E-state index contributed by atoms with van der Waals surface area (Å²) in [5.41, 5.74) is 0. The number of carboxylic acids is 1. The number of carboxylic acid groups (broad SMARTS) is 1. The van der Waals surface area contributed by atoms with Crippen molar-refractivity contribution >= 4 is 16.0 Å². The highest BCUT2D eigenvalue weighted by molar-refractivity contribution is 7.90. The van der Waals surface area contributed by atoms with E-state index in [-0.39, 0.29) is 6.04 Å². The van der Waals surface area contributed by atoms with Gasteiger partial charge in [0, 0.05) is 19.1 Å². The van der Waals surface area contributed by atoms with Crippen molar-refractivity contribution in [2.45, 2.75) is 38.0 Å². The summed E-state index contributed by atoms with van der Waals surface area (Å²) in [4.78, 5) is 10.8. The quantitative estimate of drug-likeness (QED) is 0.697. The van der Waals surface area contributed by atoms with Gasteiger partial charge >= 0.3 is 5.97 Å².